The minimum atomic E-state index is -4.87. The summed E-state index contributed by atoms with van der Waals surface area (Å²) < 4.78 is 41.8. The van der Waals surface area contributed by atoms with Crippen molar-refractivity contribution < 1.29 is 22.7 Å². The number of carbonyl (C=O) groups excluding carboxylic acids is 1. The summed E-state index contributed by atoms with van der Waals surface area (Å²) >= 11 is 0. The summed E-state index contributed by atoms with van der Waals surface area (Å²) in [5.41, 5.74) is 1.61. The predicted octanol–water partition coefficient (Wildman–Crippen LogP) is 2.31. The quantitative estimate of drug-likeness (QED) is 0.896. The average Bonchev–Trinajstić information content (AvgIpc) is 2.36. The molecule has 0 bridgehead atoms. The number of hydrogen-bond acceptors (Lipinski definition) is 2. The van der Waals surface area contributed by atoms with Crippen molar-refractivity contribution in [2.45, 2.75) is 18.6 Å². The van der Waals surface area contributed by atoms with Crippen LogP contribution in [-0.4, -0.2) is 24.7 Å². The molecule has 1 atom stereocenters. The van der Waals surface area contributed by atoms with Crippen LogP contribution in [0.25, 0.3) is 6.08 Å². The number of nitrogens with one attached hydrogen (secondary N) is 1. The fraction of sp³-hybridized carbons (Fsp3) is 0.308. The van der Waals surface area contributed by atoms with Crippen LogP contribution in [0.15, 0.2) is 24.8 Å². The molecular weight excluding hydrogens is 259 g/mol. The molecule has 0 aromatic heterocycles. The number of rotatable bonds is 2. The maximum absolute atomic E-state index is 12.2. The second-order valence-corrected chi connectivity index (χ2v) is 4.25. The van der Waals surface area contributed by atoms with Gasteiger partial charge in [-0.05, 0) is 29.7 Å². The SMILES string of the molecule is C=Cc1ccc2c(c1)C[C@@H](NC(=O)C(F)(F)F)CO2. The van der Waals surface area contributed by atoms with Crippen LogP contribution in [0.2, 0.25) is 0 Å². The second-order valence-electron chi connectivity index (χ2n) is 4.25. The Balaban J connectivity index is 2.09. The molecule has 1 aromatic rings. The van der Waals surface area contributed by atoms with E-state index in [1.807, 2.05) is 5.32 Å². The van der Waals surface area contributed by atoms with Crippen molar-refractivity contribution >= 4 is 12.0 Å². The van der Waals surface area contributed by atoms with Gasteiger partial charge in [-0.25, -0.2) is 0 Å². The van der Waals surface area contributed by atoms with Gasteiger partial charge in [-0.15, -0.1) is 0 Å². The lowest BCUT2D eigenvalue weighted by atomic mass is 10.00. The molecule has 0 radical (unpaired) electrons. The highest BCUT2D eigenvalue weighted by Gasteiger charge is 2.40. The molecule has 102 valence electrons. The number of alkyl halides is 3. The fourth-order valence-electron chi connectivity index (χ4n) is 1.90. The zero-order valence-electron chi connectivity index (χ0n) is 9.96. The van der Waals surface area contributed by atoms with Gasteiger partial charge in [0.1, 0.15) is 12.4 Å². The lowest BCUT2D eigenvalue weighted by Gasteiger charge is -2.26. The van der Waals surface area contributed by atoms with E-state index in [9.17, 15) is 18.0 Å². The molecule has 19 heavy (non-hydrogen) atoms. The number of carbonyl (C=O) groups is 1. The number of halogens is 3. The minimum Gasteiger partial charge on any atom is -0.491 e. The average molecular weight is 271 g/mol. The largest absolute Gasteiger partial charge is 0.491 e. The van der Waals surface area contributed by atoms with Crippen LogP contribution < -0.4 is 10.1 Å². The first-order valence-electron chi connectivity index (χ1n) is 5.66. The Morgan fingerprint density at radius 3 is 2.84 bits per heavy atom. The number of fused-ring (bicyclic) bond motifs is 1. The molecule has 1 aromatic carbocycles. The van der Waals surface area contributed by atoms with Gasteiger partial charge in [0, 0.05) is 0 Å². The van der Waals surface area contributed by atoms with Crippen molar-refractivity contribution in [3.63, 3.8) is 0 Å². The molecule has 0 unspecified atom stereocenters. The van der Waals surface area contributed by atoms with Gasteiger partial charge in [-0.1, -0.05) is 18.7 Å². The van der Waals surface area contributed by atoms with Crippen LogP contribution in [0.4, 0.5) is 13.2 Å². The third-order valence-corrected chi connectivity index (χ3v) is 2.82. The van der Waals surface area contributed by atoms with Gasteiger partial charge < -0.3 is 10.1 Å². The molecule has 0 aliphatic carbocycles. The van der Waals surface area contributed by atoms with Crippen molar-refractivity contribution in [3.8, 4) is 5.75 Å². The lowest BCUT2D eigenvalue weighted by Crippen LogP contribution is -2.47. The highest BCUT2D eigenvalue weighted by atomic mass is 19.4. The number of hydrogen-bond donors (Lipinski definition) is 1. The van der Waals surface area contributed by atoms with E-state index in [2.05, 4.69) is 6.58 Å². The van der Waals surface area contributed by atoms with Gasteiger partial charge in [0.2, 0.25) is 0 Å². The monoisotopic (exact) mass is 271 g/mol. The van der Waals surface area contributed by atoms with Gasteiger partial charge >= 0.3 is 12.1 Å². The number of amides is 1. The standard InChI is InChI=1S/C13H12F3NO2/c1-2-8-3-4-11-9(5-8)6-10(7-19-11)17-12(18)13(14,15)16/h2-5,10H,1,6-7H2,(H,17,18)/t10-/m1/s1. The first-order chi connectivity index (χ1) is 8.90. The minimum absolute atomic E-state index is 0.0300. The lowest BCUT2D eigenvalue weighted by molar-refractivity contribution is -0.174. The van der Waals surface area contributed by atoms with E-state index in [-0.39, 0.29) is 6.61 Å². The summed E-state index contributed by atoms with van der Waals surface area (Å²) in [6, 6.07) is 4.66. The normalized spacial score (nSPS) is 18.2. The van der Waals surface area contributed by atoms with Crippen LogP contribution in [0, 0.1) is 0 Å². The van der Waals surface area contributed by atoms with E-state index >= 15 is 0 Å². The van der Waals surface area contributed by atoms with Crippen LogP contribution >= 0.6 is 0 Å². The maximum Gasteiger partial charge on any atom is 0.471 e. The topological polar surface area (TPSA) is 38.3 Å². The fourth-order valence-corrected chi connectivity index (χ4v) is 1.90. The van der Waals surface area contributed by atoms with Crippen molar-refractivity contribution in [3.05, 3.63) is 35.9 Å². The molecule has 0 saturated carbocycles. The van der Waals surface area contributed by atoms with Crippen LogP contribution in [-0.2, 0) is 11.2 Å². The number of ether oxygens (including phenoxy) is 1. The third-order valence-electron chi connectivity index (χ3n) is 2.82. The van der Waals surface area contributed by atoms with Gasteiger partial charge in [0.25, 0.3) is 0 Å². The molecule has 1 aliphatic rings. The summed E-state index contributed by atoms with van der Waals surface area (Å²) in [5, 5.41) is 1.92. The molecule has 0 fully saturated rings. The molecule has 6 heteroatoms. The third kappa shape index (κ3) is 3.07. The molecule has 1 N–H and O–H groups in total. The molecule has 1 aliphatic heterocycles. The molecular formula is C13H12F3NO2. The highest BCUT2D eigenvalue weighted by Crippen LogP contribution is 2.26. The molecule has 0 saturated heterocycles. The van der Waals surface area contributed by atoms with E-state index in [4.69, 9.17) is 4.74 Å². The molecule has 1 heterocycles. The van der Waals surface area contributed by atoms with Gasteiger partial charge in [-0.3, -0.25) is 4.79 Å². The molecule has 3 nitrogen and oxygen atoms in total. The van der Waals surface area contributed by atoms with Gasteiger partial charge in [0.05, 0.1) is 6.04 Å². The van der Waals surface area contributed by atoms with E-state index in [1.165, 1.54) is 0 Å². The van der Waals surface area contributed by atoms with Gasteiger partial charge in [0.15, 0.2) is 0 Å². The Labute approximate surface area is 108 Å². The molecule has 0 spiro atoms. The van der Waals surface area contributed by atoms with Crippen molar-refractivity contribution in [1.29, 1.82) is 0 Å². The van der Waals surface area contributed by atoms with Gasteiger partial charge in [-0.2, -0.15) is 13.2 Å². The summed E-state index contributed by atoms with van der Waals surface area (Å²) in [4.78, 5) is 10.9. The van der Waals surface area contributed by atoms with Crippen molar-refractivity contribution in [2.24, 2.45) is 0 Å². The summed E-state index contributed by atoms with van der Waals surface area (Å²) in [6.45, 7) is 3.65. The molecule has 2 rings (SSSR count). The Bertz CT molecular complexity index is 511. The summed E-state index contributed by atoms with van der Waals surface area (Å²) in [5.74, 6) is -1.31. The smallest absolute Gasteiger partial charge is 0.471 e. The summed E-state index contributed by atoms with van der Waals surface area (Å²) in [6.07, 6.45) is -2.93. The first kappa shape index (κ1) is 13.5. The van der Waals surface area contributed by atoms with Crippen LogP contribution in [0.1, 0.15) is 11.1 Å². The zero-order chi connectivity index (χ0) is 14.0. The Kier molecular flexibility index (Phi) is 3.50. The Morgan fingerprint density at radius 1 is 1.47 bits per heavy atom. The maximum atomic E-state index is 12.2. The first-order valence-corrected chi connectivity index (χ1v) is 5.66. The van der Waals surface area contributed by atoms with Crippen molar-refractivity contribution in [2.75, 3.05) is 6.61 Å². The summed E-state index contributed by atoms with van der Waals surface area (Å²) in [7, 11) is 0. The Hall–Kier alpha value is -1.98. The second kappa shape index (κ2) is 4.95. The highest BCUT2D eigenvalue weighted by molar-refractivity contribution is 5.82. The van der Waals surface area contributed by atoms with Crippen LogP contribution in [0.5, 0.6) is 5.75 Å². The molecule has 1 amide bonds. The van der Waals surface area contributed by atoms with E-state index in [1.54, 1.807) is 24.3 Å². The van der Waals surface area contributed by atoms with E-state index < -0.39 is 18.1 Å². The van der Waals surface area contributed by atoms with E-state index in [0.717, 1.165) is 11.1 Å². The Morgan fingerprint density at radius 2 is 2.21 bits per heavy atom. The zero-order valence-corrected chi connectivity index (χ0v) is 9.96. The van der Waals surface area contributed by atoms with Crippen molar-refractivity contribution in [1.82, 2.24) is 5.32 Å². The number of benzene rings is 1. The predicted molar refractivity (Wildman–Crippen MR) is 63.7 cm³/mol. The van der Waals surface area contributed by atoms with E-state index in [0.29, 0.717) is 12.2 Å². The van der Waals surface area contributed by atoms with Crippen LogP contribution in [0.3, 0.4) is 0 Å².